The highest BCUT2D eigenvalue weighted by Gasteiger charge is 2.53. The Hall–Kier alpha value is -2.17. The van der Waals surface area contributed by atoms with Crippen molar-refractivity contribution in [2.45, 2.75) is 24.5 Å². The lowest BCUT2D eigenvalue weighted by Gasteiger charge is -2.36. The van der Waals surface area contributed by atoms with Gasteiger partial charge in [0, 0.05) is 29.1 Å². The molecule has 1 spiro atoms. The molecular formula is C18H14ClNO3. The predicted octanol–water partition coefficient (Wildman–Crippen LogP) is 3.61. The number of benzene rings is 2. The highest BCUT2D eigenvalue weighted by Crippen LogP contribution is 2.48. The van der Waals surface area contributed by atoms with Crippen LogP contribution in [0, 0.1) is 0 Å². The van der Waals surface area contributed by atoms with Crippen molar-refractivity contribution in [2.75, 3.05) is 5.32 Å². The molecule has 1 N–H and O–H groups in total. The molecule has 0 aliphatic carbocycles. The van der Waals surface area contributed by atoms with E-state index in [1.54, 1.807) is 18.2 Å². The number of nitrogens with one attached hydrogen (secondary N) is 1. The maximum atomic E-state index is 12.6. The minimum Gasteiger partial charge on any atom is -0.351 e. The van der Waals surface area contributed by atoms with Gasteiger partial charge in [-0.1, -0.05) is 41.9 Å². The highest BCUT2D eigenvalue weighted by atomic mass is 35.5. The van der Waals surface area contributed by atoms with Gasteiger partial charge in [-0.05, 0) is 23.8 Å². The number of Topliss-reactive ketones (excluding diaryl/α,β-unsaturated/α-hetero) is 1. The molecule has 0 radical (unpaired) electrons. The van der Waals surface area contributed by atoms with Crippen LogP contribution in [0.4, 0.5) is 5.69 Å². The summed E-state index contributed by atoms with van der Waals surface area (Å²) in [6, 6.07) is 14.7. The second kappa shape index (κ2) is 5.18. The lowest BCUT2D eigenvalue weighted by molar-refractivity contribution is -0.170. The minimum absolute atomic E-state index is 0.00748. The lowest BCUT2D eigenvalue weighted by atomic mass is 9.84. The summed E-state index contributed by atoms with van der Waals surface area (Å²) in [4.78, 5) is 25.0. The molecule has 1 amide bonds. The number of ketones is 1. The van der Waals surface area contributed by atoms with Crippen LogP contribution >= 0.6 is 11.6 Å². The lowest BCUT2D eigenvalue weighted by Crippen LogP contribution is -2.44. The molecule has 2 aliphatic rings. The maximum Gasteiger partial charge on any atom is 0.261 e. The van der Waals surface area contributed by atoms with Gasteiger partial charge >= 0.3 is 0 Å². The number of hydrogen-bond donors (Lipinski definition) is 1. The zero-order chi connectivity index (χ0) is 16.0. The molecule has 1 saturated heterocycles. The molecule has 1 fully saturated rings. The largest absolute Gasteiger partial charge is 0.351 e. The zero-order valence-corrected chi connectivity index (χ0v) is 13.0. The number of hydrogen-bond acceptors (Lipinski definition) is 3. The summed E-state index contributed by atoms with van der Waals surface area (Å²) in [6.07, 6.45) is -0.127. The second-order valence-electron chi connectivity index (χ2n) is 5.91. The molecule has 4 rings (SSSR count). The number of amides is 1. The molecule has 0 unspecified atom stereocenters. The quantitative estimate of drug-likeness (QED) is 0.870. The van der Waals surface area contributed by atoms with Crippen molar-refractivity contribution in [2.24, 2.45) is 0 Å². The molecule has 2 atom stereocenters. The van der Waals surface area contributed by atoms with Gasteiger partial charge in [-0.25, -0.2) is 0 Å². The third-order valence-electron chi connectivity index (χ3n) is 4.41. The molecular weight excluding hydrogens is 314 g/mol. The van der Waals surface area contributed by atoms with Crippen LogP contribution in [0.15, 0.2) is 48.5 Å². The third kappa shape index (κ3) is 2.26. The number of ether oxygens (including phenoxy) is 1. The first-order chi connectivity index (χ1) is 11.1. The van der Waals surface area contributed by atoms with Gasteiger partial charge in [0.05, 0.1) is 6.10 Å². The molecule has 2 aliphatic heterocycles. The van der Waals surface area contributed by atoms with Crippen molar-refractivity contribution >= 4 is 29.0 Å². The minimum atomic E-state index is -1.28. The Bertz CT molecular complexity index is 805. The van der Waals surface area contributed by atoms with E-state index >= 15 is 0 Å². The summed E-state index contributed by atoms with van der Waals surface area (Å²) in [5, 5.41) is 3.31. The summed E-state index contributed by atoms with van der Waals surface area (Å²) >= 11 is 6.08. The van der Waals surface area contributed by atoms with E-state index in [1.807, 2.05) is 30.3 Å². The monoisotopic (exact) mass is 327 g/mol. The van der Waals surface area contributed by atoms with Crippen molar-refractivity contribution in [1.29, 1.82) is 0 Å². The van der Waals surface area contributed by atoms with E-state index in [9.17, 15) is 9.59 Å². The van der Waals surface area contributed by atoms with Crippen LogP contribution in [-0.4, -0.2) is 11.7 Å². The van der Waals surface area contributed by atoms with Gasteiger partial charge < -0.3 is 10.1 Å². The van der Waals surface area contributed by atoms with E-state index in [1.165, 1.54) is 0 Å². The number of anilines is 1. The van der Waals surface area contributed by atoms with E-state index < -0.39 is 11.7 Å². The Kier molecular flexibility index (Phi) is 3.25. The maximum absolute atomic E-state index is 12.6. The van der Waals surface area contributed by atoms with Gasteiger partial charge in [0.2, 0.25) is 0 Å². The van der Waals surface area contributed by atoms with E-state index in [2.05, 4.69) is 5.32 Å². The second-order valence-corrected chi connectivity index (χ2v) is 6.34. The number of halogens is 1. The topological polar surface area (TPSA) is 55.4 Å². The molecule has 116 valence electrons. The van der Waals surface area contributed by atoms with E-state index in [-0.39, 0.29) is 24.5 Å². The summed E-state index contributed by atoms with van der Waals surface area (Å²) in [5.41, 5.74) is 0.906. The van der Waals surface area contributed by atoms with Crippen LogP contribution in [0.5, 0.6) is 0 Å². The van der Waals surface area contributed by atoms with Crippen LogP contribution in [-0.2, 0) is 19.9 Å². The molecule has 0 saturated carbocycles. The van der Waals surface area contributed by atoms with Gasteiger partial charge in [-0.2, -0.15) is 0 Å². The van der Waals surface area contributed by atoms with Crippen LogP contribution < -0.4 is 5.32 Å². The van der Waals surface area contributed by atoms with Crippen molar-refractivity contribution in [1.82, 2.24) is 0 Å². The molecule has 2 aromatic carbocycles. The van der Waals surface area contributed by atoms with Crippen molar-refractivity contribution < 1.29 is 14.3 Å². The Balaban J connectivity index is 1.80. The van der Waals surface area contributed by atoms with Gasteiger partial charge in [0.1, 0.15) is 5.78 Å². The van der Waals surface area contributed by atoms with Crippen LogP contribution in [0.1, 0.15) is 30.1 Å². The van der Waals surface area contributed by atoms with E-state index in [4.69, 9.17) is 16.3 Å². The molecule has 23 heavy (non-hydrogen) atoms. The summed E-state index contributed by atoms with van der Waals surface area (Å²) in [7, 11) is 0. The summed E-state index contributed by atoms with van der Waals surface area (Å²) in [5.74, 6) is -0.295. The highest BCUT2D eigenvalue weighted by molar-refractivity contribution is 6.31. The fraction of sp³-hybridized carbons (Fsp3) is 0.222. The van der Waals surface area contributed by atoms with Crippen LogP contribution in [0.3, 0.4) is 0 Å². The fourth-order valence-electron chi connectivity index (χ4n) is 3.33. The third-order valence-corrected chi connectivity index (χ3v) is 4.64. The molecule has 0 aromatic heterocycles. The van der Waals surface area contributed by atoms with Crippen molar-refractivity contribution in [3.05, 3.63) is 64.7 Å². The smallest absolute Gasteiger partial charge is 0.261 e. The first kappa shape index (κ1) is 14.4. The average molecular weight is 328 g/mol. The van der Waals surface area contributed by atoms with Gasteiger partial charge in [-0.15, -0.1) is 0 Å². The summed E-state index contributed by atoms with van der Waals surface area (Å²) in [6.45, 7) is 0. The first-order valence-electron chi connectivity index (χ1n) is 7.44. The van der Waals surface area contributed by atoms with Crippen LogP contribution in [0.25, 0.3) is 0 Å². The average Bonchev–Trinajstić information content (AvgIpc) is 2.80. The van der Waals surface area contributed by atoms with Crippen LogP contribution in [0.2, 0.25) is 5.02 Å². The first-order valence-corrected chi connectivity index (χ1v) is 7.82. The van der Waals surface area contributed by atoms with E-state index in [0.29, 0.717) is 16.3 Å². The van der Waals surface area contributed by atoms with Gasteiger partial charge in [0.25, 0.3) is 5.91 Å². The van der Waals surface area contributed by atoms with E-state index in [0.717, 1.165) is 5.56 Å². The Labute approximate surface area is 138 Å². The number of fused-ring (bicyclic) bond motifs is 2. The van der Waals surface area contributed by atoms with Gasteiger partial charge in [0.15, 0.2) is 5.60 Å². The molecule has 2 heterocycles. The SMILES string of the molecule is O=C1C[C@H](c2ccccc2)O[C@]2(C1)C(=O)Nc1ccc(Cl)cc12. The van der Waals surface area contributed by atoms with Crippen molar-refractivity contribution in [3.63, 3.8) is 0 Å². The Morgan fingerprint density at radius 2 is 1.91 bits per heavy atom. The number of carbonyl (C=O) groups is 2. The molecule has 5 heteroatoms. The molecule has 4 nitrogen and oxygen atoms in total. The zero-order valence-electron chi connectivity index (χ0n) is 12.2. The molecule has 2 aromatic rings. The number of carbonyl (C=O) groups excluding carboxylic acids is 2. The van der Waals surface area contributed by atoms with Gasteiger partial charge in [-0.3, -0.25) is 9.59 Å². The Morgan fingerprint density at radius 1 is 1.13 bits per heavy atom. The van der Waals surface area contributed by atoms with Crippen molar-refractivity contribution in [3.8, 4) is 0 Å². The standard InChI is InChI=1S/C18H14ClNO3/c19-12-6-7-15-14(8-12)18(17(22)20-15)10-13(21)9-16(23-18)11-4-2-1-3-5-11/h1-8,16H,9-10H2,(H,20,22)/t16-,18+/m1/s1. The normalized spacial score (nSPS) is 26.2. The number of rotatable bonds is 1. The summed E-state index contributed by atoms with van der Waals surface area (Å²) < 4.78 is 6.19. The molecule has 0 bridgehead atoms. The fourth-order valence-corrected chi connectivity index (χ4v) is 3.51. The Morgan fingerprint density at radius 3 is 2.70 bits per heavy atom. The predicted molar refractivity (Wildman–Crippen MR) is 86.3 cm³/mol.